The van der Waals surface area contributed by atoms with Gasteiger partial charge in [-0.1, -0.05) is 24.3 Å². The van der Waals surface area contributed by atoms with Gasteiger partial charge in [0.05, 0.1) is 42.2 Å². The summed E-state index contributed by atoms with van der Waals surface area (Å²) in [5, 5.41) is 10.9. The van der Waals surface area contributed by atoms with Crippen molar-refractivity contribution in [2.24, 2.45) is 0 Å². The molecule has 3 aromatic rings. The number of hydrogen-bond donors (Lipinski definition) is 0. The largest absolute Gasteiger partial charge is 0.494 e. The molecule has 0 bridgehead atoms. The summed E-state index contributed by atoms with van der Waals surface area (Å²) in [6.07, 6.45) is 6.59. The third-order valence-corrected chi connectivity index (χ3v) is 7.82. The van der Waals surface area contributed by atoms with Gasteiger partial charge < -0.3 is 14.5 Å². The standard InChI is InChI=1S/C30H31N5O2S/c1-33(30(36)28-21-38-22-35(28)26-5-2-15-32-20-26)29-6-3-16-34(29)17-4-18-37-27-13-11-25(12-14-27)24-9-7-23(19-31)8-10-24/h2,5,7-15,20-21,29H,3-4,6,16-18,22H2,1H3. The average molecular weight is 526 g/mol. The van der Waals surface area contributed by atoms with Crippen molar-refractivity contribution in [3.63, 3.8) is 0 Å². The number of aromatic nitrogens is 1. The van der Waals surface area contributed by atoms with E-state index in [9.17, 15) is 4.79 Å². The molecule has 1 fully saturated rings. The number of amides is 1. The van der Waals surface area contributed by atoms with Crippen molar-refractivity contribution in [2.45, 2.75) is 25.4 Å². The van der Waals surface area contributed by atoms with E-state index in [0.29, 0.717) is 17.9 Å². The number of likely N-dealkylation sites (tertiary alicyclic amines) is 1. The van der Waals surface area contributed by atoms with E-state index in [4.69, 9.17) is 10.00 Å². The number of carbonyl (C=O) groups excluding carboxylic acids is 1. The number of thioether (sulfide) groups is 1. The van der Waals surface area contributed by atoms with Crippen LogP contribution in [0.2, 0.25) is 0 Å². The molecule has 1 atom stereocenters. The van der Waals surface area contributed by atoms with Crippen LogP contribution in [0.25, 0.3) is 11.1 Å². The summed E-state index contributed by atoms with van der Waals surface area (Å²) < 4.78 is 6.01. The molecular weight excluding hydrogens is 494 g/mol. The monoisotopic (exact) mass is 525 g/mol. The van der Waals surface area contributed by atoms with Crippen LogP contribution in [0.5, 0.6) is 5.75 Å². The number of hydrogen-bond acceptors (Lipinski definition) is 7. The second-order valence-electron chi connectivity index (χ2n) is 9.43. The van der Waals surface area contributed by atoms with E-state index in [2.05, 4.69) is 16.0 Å². The van der Waals surface area contributed by atoms with Gasteiger partial charge in [0, 0.05) is 31.7 Å². The number of pyridine rings is 1. The fourth-order valence-corrected chi connectivity index (χ4v) is 5.88. The highest BCUT2D eigenvalue weighted by Crippen LogP contribution is 2.31. The lowest BCUT2D eigenvalue weighted by Gasteiger charge is -2.34. The first-order valence-corrected chi connectivity index (χ1v) is 13.9. The summed E-state index contributed by atoms with van der Waals surface area (Å²) in [6.45, 7) is 2.49. The zero-order valence-electron chi connectivity index (χ0n) is 21.5. The summed E-state index contributed by atoms with van der Waals surface area (Å²) in [5.41, 5.74) is 4.48. The SMILES string of the molecule is CN(C(=O)C1=CSCN1c1cccnc1)C1CCCN1CCCOc1ccc(-c2ccc(C#N)cc2)cc1. The van der Waals surface area contributed by atoms with E-state index in [1.807, 2.05) is 82.9 Å². The molecule has 1 unspecified atom stereocenters. The van der Waals surface area contributed by atoms with Gasteiger partial charge in [0.1, 0.15) is 11.4 Å². The molecule has 1 amide bonds. The lowest BCUT2D eigenvalue weighted by atomic mass is 10.0. The van der Waals surface area contributed by atoms with Crippen molar-refractivity contribution in [3.8, 4) is 22.9 Å². The van der Waals surface area contributed by atoms with Gasteiger partial charge >= 0.3 is 0 Å². The fraction of sp³-hybridized carbons (Fsp3) is 0.300. The Balaban J connectivity index is 1.11. The molecule has 0 spiro atoms. The summed E-state index contributed by atoms with van der Waals surface area (Å²) in [7, 11) is 1.92. The van der Waals surface area contributed by atoms with Crippen molar-refractivity contribution in [1.82, 2.24) is 14.8 Å². The predicted molar refractivity (Wildman–Crippen MR) is 151 cm³/mol. The third-order valence-electron chi connectivity index (χ3n) is 7.02. The highest BCUT2D eigenvalue weighted by molar-refractivity contribution is 8.02. The molecule has 38 heavy (non-hydrogen) atoms. The smallest absolute Gasteiger partial charge is 0.272 e. The minimum Gasteiger partial charge on any atom is -0.494 e. The van der Waals surface area contributed by atoms with E-state index < -0.39 is 0 Å². The number of nitriles is 1. The lowest BCUT2D eigenvalue weighted by Crippen LogP contribution is -2.48. The van der Waals surface area contributed by atoms with Crippen LogP contribution >= 0.6 is 11.8 Å². The molecule has 8 heteroatoms. The second-order valence-corrected chi connectivity index (χ2v) is 10.3. The van der Waals surface area contributed by atoms with Crippen LogP contribution in [0.3, 0.4) is 0 Å². The van der Waals surface area contributed by atoms with Crippen LogP contribution in [-0.4, -0.2) is 59.5 Å². The Labute approximate surface area is 228 Å². The van der Waals surface area contributed by atoms with Gasteiger partial charge in [0.15, 0.2) is 0 Å². The van der Waals surface area contributed by atoms with Gasteiger partial charge in [-0.2, -0.15) is 5.26 Å². The quantitative estimate of drug-likeness (QED) is 0.350. The van der Waals surface area contributed by atoms with Crippen molar-refractivity contribution in [3.05, 3.63) is 89.7 Å². The van der Waals surface area contributed by atoms with Crippen LogP contribution < -0.4 is 9.64 Å². The molecule has 2 aliphatic heterocycles. The van der Waals surface area contributed by atoms with Gasteiger partial charge in [0.2, 0.25) is 0 Å². The Bertz CT molecular complexity index is 1310. The third kappa shape index (κ3) is 5.85. The molecular formula is C30H31N5O2S. The Morgan fingerprint density at radius 2 is 1.92 bits per heavy atom. The second kappa shape index (κ2) is 12.2. The van der Waals surface area contributed by atoms with Crippen molar-refractivity contribution in [2.75, 3.05) is 37.5 Å². The molecule has 2 aliphatic rings. The van der Waals surface area contributed by atoms with Crippen LogP contribution in [0, 0.1) is 11.3 Å². The van der Waals surface area contributed by atoms with E-state index >= 15 is 0 Å². The summed E-state index contributed by atoms with van der Waals surface area (Å²) in [4.78, 5) is 24.0. The number of ether oxygens (including phenoxy) is 1. The van der Waals surface area contributed by atoms with Crippen molar-refractivity contribution in [1.29, 1.82) is 5.26 Å². The van der Waals surface area contributed by atoms with Gasteiger partial charge in [-0.3, -0.25) is 14.7 Å². The summed E-state index contributed by atoms with van der Waals surface area (Å²) in [5.74, 6) is 1.61. The average Bonchev–Trinajstić information content (AvgIpc) is 3.66. The predicted octanol–water partition coefficient (Wildman–Crippen LogP) is 5.32. The van der Waals surface area contributed by atoms with E-state index in [1.54, 1.807) is 24.2 Å². The molecule has 0 radical (unpaired) electrons. The zero-order valence-corrected chi connectivity index (χ0v) is 22.3. The molecule has 3 heterocycles. The lowest BCUT2D eigenvalue weighted by molar-refractivity contribution is -0.130. The first kappa shape index (κ1) is 25.8. The zero-order chi connectivity index (χ0) is 26.3. The number of carbonyl (C=O) groups is 1. The summed E-state index contributed by atoms with van der Waals surface area (Å²) >= 11 is 1.64. The molecule has 1 saturated heterocycles. The van der Waals surface area contributed by atoms with Gasteiger partial charge in [0.25, 0.3) is 5.91 Å². The maximum absolute atomic E-state index is 13.5. The Morgan fingerprint density at radius 1 is 1.16 bits per heavy atom. The molecule has 1 aromatic heterocycles. The van der Waals surface area contributed by atoms with Gasteiger partial charge in [-0.25, -0.2) is 0 Å². The number of nitrogens with zero attached hydrogens (tertiary/aromatic N) is 5. The van der Waals surface area contributed by atoms with E-state index in [-0.39, 0.29) is 12.1 Å². The topological polar surface area (TPSA) is 72.7 Å². The summed E-state index contributed by atoms with van der Waals surface area (Å²) in [6, 6.07) is 21.7. The molecule has 7 nitrogen and oxygen atoms in total. The Hall–Kier alpha value is -3.80. The van der Waals surface area contributed by atoms with E-state index in [1.165, 1.54) is 0 Å². The number of anilines is 1. The highest BCUT2D eigenvalue weighted by Gasteiger charge is 2.34. The van der Waals surface area contributed by atoms with Gasteiger partial charge in [-0.05, 0) is 66.8 Å². The fourth-order valence-electron chi connectivity index (χ4n) is 4.98. The molecule has 194 valence electrons. The highest BCUT2D eigenvalue weighted by atomic mass is 32.2. The minimum atomic E-state index is 0.0503. The van der Waals surface area contributed by atoms with Crippen molar-refractivity contribution >= 4 is 23.4 Å². The number of rotatable bonds is 9. The van der Waals surface area contributed by atoms with Crippen LogP contribution in [-0.2, 0) is 4.79 Å². The molecule has 0 aliphatic carbocycles. The van der Waals surface area contributed by atoms with Crippen LogP contribution in [0.1, 0.15) is 24.8 Å². The normalized spacial score (nSPS) is 17.2. The van der Waals surface area contributed by atoms with Crippen molar-refractivity contribution < 1.29 is 9.53 Å². The molecule has 5 rings (SSSR count). The maximum atomic E-state index is 13.5. The maximum Gasteiger partial charge on any atom is 0.272 e. The number of benzene rings is 2. The van der Waals surface area contributed by atoms with Gasteiger partial charge in [-0.15, -0.1) is 11.8 Å². The Morgan fingerprint density at radius 3 is 2.63 bits per heavy atom. The minimum absolute atomic E-state index is 0.0503. The molecule has 2 aromatic carbocycles. The van der Waals surface area contributed by atoms with E-state index in [0.717, 1.165) is 60.8 Å². The van der Waals surface area contributed by atoms with Crippen LogP contribution in [0.4, 0.5) is 5.69 Å². The molecule has 0 saturated carbocycles. The van der Waals surface area contributed by atoms with Crippen LogP contribution in [0.15, 0.2) is 84.2 Å². The first-order chi connectivity index (χ1) is 18.6. The number of likely N-dealkylation sites (N-methyl/N-ethyl adjacent to an activating group) is 1. The Kier molecular flexibility index (Phi) is 8.27. The molecule has 0 N–H and O–H groups in total. The first-order valence-electron chi connectivity index (χ1n) is 12.9.